The Kier molecular flexibility index (Phi) is 3.91. The standard InChI is InChI=1S/C10H14FN3O3S/c11-8-3-10(6-13-5-8)18(15,16)14-1-2-17-9(4-12)7-14/h3,5-6,9H,1-2,4,7,12H2. The first-order valence-electron chi connectivity index (χ1n) is 5.46. The van der Waals surface area contributed by atoms with Gasteiger partial charge in [-0.1, -0.05) is 0 Å². The van der Waals surface area contributed by atoms with Gasteiger partial charge in [0.25, 0.3) is 0 Å². The number of ether oxygens (including phenoxy) is 1. The number of morpholine rings is 1. The van der Waals surface area contributed by atoms with Gasteiger partial charge in [0.15, 0.2) is 0 Å². The molecule has 1 aromatic rings. The quantitative estimate of drug-likeness (QED) is 0.809. The number of rotatable bonds is 3. The fraction of sp³-hybridized carbons (Fsp3) is 0.500. The van der Waals surface area contributed by atoms with Gasteiger partial charge in [-0.05, 0) is 6.07 Å². The van der Waals surface area contributed by atoms with E-state index in [0.717, 1.165) is 18.5 Å². The van der Waals surface area contributed by atoms with Crippen LogP contribution in [0, 0.1) is 5.82 Å². The van der Waals surface area contributed by atoms with Crippen LogP contribution in [0.25, 0.3) is 0 Å². The molecule has 0 radical (unpaired) electrons. The fourth-order valence-electron chi connectivity index (χ4n) is 1.74. The monoisotopic (exact) mass is 275 g/mol. The van der Waals surface area contributed by atoms with Crippen LogP contribution in [-0.2, 0) is 14.8 Å². The van der Waals surface area contributed by atoms with E-state index in [4.69, 9.17) is 10.5 Å². The summed E-state index contributed by atoms with van der Waals surface area (Å²) in [6.45, 7) is 0.932. The molecule has 1 fully saturated rings. The smallest absolute Gasteiger partial charge is 0.244 e. The van der Waals surface area contributed by atoms with Crippen LogP contribution in [0.3, 0.4) is 0 Å². The van der Waals surface area contributed by atoms with Crippen LogP contribution in [0.2, 0.25) is 0 Å². The van der Waals surface area contributed by atoms with Gasteiger partial charge < -0.3 is 10.5 Å². The topological polar surface area (TPSA) is 85.5 Å². The predicted molar refractivity (Wildman–Crippen MR) is 61.7 cm³/mol. The summed E-state index contributed by atoms with van der Waals surface area (Å²) in [7, 11) is -3.73. The maximum Gasteiger partial charge on any atom is 0.244 e. The minimum atomic E-state index is -3.73. The lowest BCUT2D eigenvalue weighted by Crippen LogP contribution is -2.48. The third-order valence-electron chi connectivity index (χ3n) is 2.68. The van der Waals surface area contributed by atoms with E-state index < -0.39 is 15.8 Å². The molecule has 2 rings (SSSR count). The minimum Gasteiger partial charge on any atom is -0.374 e. The summed E-state index contributed by atoms with van der Waals surface area (Å²) < 4.78 is 44.0. The first kappa shape index (κ1) is 13.3. The molecular weight excluding hydrogens is 261 g/mol. The van der Waals surface area contributed by atoms with Gasteiger partial charge in [-0.25, -0.2) is 12.8 Å². The second kappa shape index (κ2) is 5.27. The highest BCUT2D eigenvalue weighted by molar-refractivity contribution is 7.89. The first-order valence-corrected chi connectivity index (χ1v) is 6.90. The Morgan fingerprint density at radius 1 is 1.56 bits per heavy atom. The summed E-state index contributed by atoms with van der Waals surface area (Å²) in [4.78, 5) is 3.40. The van der Waals surface area contributed by atoms with Gasteiger partial charge in [-0.2, -0.15) is 4.31 Å². The maximum absolute atomic E-state index is 13.0. The van der Waals surface area contributed by atoms with E-state index in [1.807, 2.05) is 0 Å². The maximum atomic E-state index is 13.0. The molecule has 100 valence electrons. The number of nitrogens with two attached hydrogens (primary N) is 1. The van der Waals surface area contributed by atoms with Crippen LogP contribution >= 0.6 is 0 Å². The van der Waals surface area contributed by atoms with Gasteiger partial charge in [-0.15, -0.1) is 0 Å². The van der Waals surface area contributed by atoms with Crippen LogP contribution in [0.4, 0.5) is 4.39 Å². The molecule has 0 amide bonds. The molecule has 1 aliphatic heterocycles. The zero-order chi connectivity index (χ0) is 13.2. The molecule has 8 heteroatoms. The molecule has 1 saturated heterocycles. The Morgan fingerprint density at radius 3 is 3.00 bits per heavy atom. The summed E-state index contributed by atoms with van der Waals surface area (Å²) in [6, 6.07) is 0.954. The van der Waals surface area contributed by atoms with Crippen molar-refractivity contribution in [2.45, 2.75) is 11.0 Å². The molecule has 1 aliphatic rings. The summed E-state index contributed by atoms with van der Waals surface area (Å²) in [5.41, 5.74) is 5.45. The molecule has 2 heterocycles. The van der Waals surface area contributed by atoms with Crippen LogP contribution in [0.5, 0.6) is 0 Å². The molecule has 0 aromatic carbocycles. The van der Waals surface area contributed by atoms with Crippen molar-refractivity contribution < 1.29 is 17.5 Å². The molecule has 6 nitrogen and oxygen atoms in total. The highest BCUT2D eigenvalue weighted by atomic mass is 32.2. The van der Waals surface area contributed by atoms with Crippen LogP contribution in [-0.4, -0.2) is 50.1 Å². The molecule has 18 heavy (non-hydrogen) atoms. The van der Waals surface area contributed by atoms with Gasteiger partial charge in [0.1, 0.15) is 10.7 Å². The number of hydrogen-bond donors (Lipinski definition) is 1. The summed E-state index contributed by atoms with van der Waals surface area (Å²) in [6.07, 6.45) is 1.77. The highest BCUT2D eigenvalue weighted by Gasteiger charge is 2.30. The lowest BCUT2D eigenvalue weighted by molar-refractivity contribution is 0.00450. The van der Waals surface area contributed by atoms with Crippen molar-refractivity contribution in [2.24, 2.45) is 5.73 Å². The molecule has 0 spiro atoms. The van der Waals surface area contributed by atoms with Gasteiger partial charge in [-0.3, -0.25) is 4.98 Å². The van der Waals surface area contributed by atoms with E-state index in [9.17, 15) is 12.8 Å². The van der Waals surface area contributed by atoms with Crippen molar-refractivity contribution in [2.75, 3.05) is 26.2 Å². The zero-order valence-corrected chi connectivity index (χ0v) is 10.4. The lowest BCUT2D eigenvalue weighted by atomic mass is 10.3. The second-order valence-corrected chi connectivity index (χ2v) is 5.87. The largest absolute Gasteiger partial charge is 0.374 e. The number of hydrogen-bond acceptors (Lipinski definition) is 5. The zero-order valence-electron chi connectivity index (χ0n) is 9.62. The number of nitrogens with zero attached hydrogens (tertiary/aromatic N) is 2. The van der Waals surface area contributed by atoms with E-state index >= 15 is 0 Å². The predicted octanol–water partition coefficient (Wildman–Crippen LogP) is -0.431. The Bertz CT molecular complexity index is 523. The van der Waals surface area contributed by atoms with Crippen LogP contribution in [0.1, 0.15) is 0 Å². The van der Waals surface area contributed by atoms with Crippen molar-refractivity contribution in [3.05, 3.63) is 24.3 Å². The molecular formula is C10H14FN3O3S. The van der Waals surface area contributed by atoms with Crippen molar-refractivity contribution in [1.82, 2.24) is 9.29 Å². The summed E-state index contributed by atoms with van der Waals surface area (Å²) in [5, 5.41) is 0. The van der Waals surface area contributed by atoms with Crippen molar-refractivity contribution >= 4 is 10.0 Å². The number of pyridine rings is 1. The molecule has 1 atom stereocenters. The van der Waals surface area contributed by atoms with Crippen molar-refractivity contribution in [1.29, 1.82) is 0 Å². The Balaban J connectivity index is 2.25. The third kappa shape index (κ3) is 2.66. The fourth-order valence-corrected chi connectivity index (χ4v) is 3.17. The molecule has 0 aliphatic carbocycles. The van der Waals surface area contributed by atoms with Gasteiger partial charge in [0, 0.05) is 25.8 Å². The van der Waals surface area contributed by atoms with E-state index in [1.54, 1.807) is 0 Å². The van der Waals surface area contributed by atoms with E-state index in [0.29, 0.717) is 0 Å². The first-order chi connectivity index (χ1) is 8.54. The normalized spacial score (nSPS) is 22.0. The SMILES string of the molecule is NCC1CN(S(=O)(=O)c2cncc(F)c2)CCO1. The Hall–Kier alpha value is -1.09. The number of sulfonamides is 1. The molecule has 0 bridgehead atoms. The number of aromatic nitrogens is 1. The number of halogens is 1. The Labute approximate surface area is 105 Å². The molecule has 2 N–H and O–H groups in total. The van der Waals surface area contributed by atoms with E-state index in [-0.39, 0.29) is 37.2 Å². The van der Waals surface area contributed by atoms with Crippen LogP contribution in [0.15, 0.2) is 23.4 Å². The lowest BCUT2D eigenvalue weighted by Gasteiger charge is -2.31. The summed E-state index contributed by atoms with van der Waals surface area (Å²) in [5.74, 6) is -0.681. The molecule has 1 unspecified atom stereocenters. The summed E-state index contributed by atoms with van der Waals surface area (Å²) >= 11 is 0. The van der Waals surface area contributed by atoms with Gasteiger partial charge in [0.05, 0.1) is 18.9 Å². The van der Waals surface area contributed by atoms with Crippen molar-refractivity contribution in [3.8, 4) is 0 Å². The van der Waals surface area contributed by atoms with Crippen molar-refractivity contribution in [3.63, 3.8) is 0 Å². The van der Waals surface area contributed by atoms with E-state index in [1.165, 1.54) is 4.31 Å². The average Bonchev–Trinajstić information content (AvgIpc) is 2.39. The third-order valence-corrected chi connectivity index (χ3v) is 4.51. The highest BCUT2D eigenvalue weighted by Crippen LogP contribution is 2.18. The Morgan fingerprint density at radius 2 is 2.33 bits per heavy atom. The molecule has 0 saturated carbocycles. The van der Waals surface area contributed by atoms with Gasteiger partial charge >= 0.3 is 0 Å². The average molecular weight is 275 g/mol. The minimum absolute atomic E-state index is 0.153. The van der Waals surface area contributed by atoms with E-state index in [2.05, 4.69) is 4.98 Å². The molecule has 1 aromatic heterocycles. The second-order valence-electron chi connectivity index (χ2n) is 3.93. The van der Waals surface area contributed by atoms with Gasteiger partial charge in [0.2, 0.25) is 10.0 Å². The van der Waals surface area contributed by atoms with Crippen LogP contribution < -0.4 is 5.73 Å².